The van der Waals surface area contributed by atoms with Crippen molar-refractivity contribution in [2.75, 3.05) is 6.54 Å². The van der Waals surface area contributed by atoms with Crippen LogP contribution in [0.5, 0.6) is 0 Å². The molecule has 62 valence electrons. The number of rotatable bonds is 3. The van der Waals surface area contributed by atoms with Crippen molar-refractivity contribution < 1.29 is 8.78 Å². The first kappa shape index (κ1) is 8.13. The summed E-state index contributed by atoms with van der Waals surface area (Å²) in [5.74, 6) is -0.284. The Kier molecular flexibility index (Phi) is 2.53. The maximum atomic E-state index is 11.9. The molecular weight excluding hydrogens is 152 g/mol. The molecule has 1 heterocycles. The van der Waals surface area contributed by atoms with Crippen molar-refractivity contribution in [2.45, 2.75) is 12.8 Å². The minimum absolute atomic E-state index is 0.284. The zero-order chi connectivity index (χ0) is 8.27. The maximum absolute atomic E-state index is 11.9. The van der Waals surface area contributed by atoms with Gasteiger partial charge in [-0.1, -0.05) is 0 Å². The molecule has 1 aromatic heterocycles. The smallest absolute Gasteiger partial charge is 0.295 e. The lowest BCUT2D eigenvalue weighted by Gasteiger charge is -1.91. The molecule has 0 fully saturated rings. The van der Waals surface area contributed by atoms with E-state index in [9.17, 15) is 8.78 Å². The molecule has 0 bridgehead atoms. The van der Waals surface area contributed by atoms with E-state index in [2.05, 4.69) is 9.97 Å². The van der Waals surface area contributed by atoms with E-state index in [0.717, 1.165) is 0 Å². The second-order valence-electron chi connectivity index (χ2n) is 2.13. The van der Waals surface area contributed by atoms with Crippen LogP contribution >= 0.6 is 0 Å². The molecule has 3 nitrogen and oxygen atoms in total. The van der Waals surface area contributed by atoms with Crippen molar-refractivity contribution >= 4 is 0 Å². The lowest BCUT2D eigenvalue weighted by Crippen LogP contribution is -2.02. The predicted molar refractivity (Wildman–Crippen MR) is 36.3 cm³/mol. The molecule has 0 radical (unpaired) electrons. The van der Waals surface area contributed by atoms with Gasteiger partial charge < -0.3 is 10.7 Å². The highest BCUT2D eigenvalue weighted by Crippen LogP contribution is 2.14. The van der Waals surface area contributed by atoms with Crippen molar-refractivity contribution in [1.29, 1.82) is 0 Å². The van der Waals surface area contributed by atoms with Crippen molar-refractivity contribution in [1.82, 2.24) is 9.97 Å². The predicted octanol–water partition coefficient (Wildman–Crippen LogP) is 0.849. The average Bonchev–Trinajstić information content (AvgIpc) is 2.37. The maximum Gasteiger partial charge on any atom is 0.295 e. The number of hydrogen-bond acceptors (Lipinski definition) is 2. The third-order valence-corrected chi connectivity index (χ3v) is 1.27. The highest BCUT2D eigenvalue weighted by molar-refractivity contribution is 5.02. The molecule has 0 saturated carbocycles. The largest absolute Gasteiger partial charge is 0.341 e. The van der Waals surface area contributed by atoms with E-state index in [1.54, 1.807) is 0 Å². The van der Waals surface area contributed by atoms with Gasteiger partial charge in [0.15, 0.2) is 5.82 Å². The summed E-state index contributed by atoms with van der Waals surface area (Å²) in [6, 6.07) is 0. The highest BCUT2D eigenvalue weighted by atomic mass is 19.3. The van der Waals surface area contributed by atoms with Gasteiger partial charge in [-0.05, 0) is 6.54 Å². The molecule has 0 aliphatic heterocycles. The van der Waals surface area contributed by atoms with Crippen LogP contribution in [-0.4, -0.2) is 16.5 Å². The Bertz CT molecular complexity index is 221. The second-order valence-corrected chi connectivity index (χ2v) is 2.13. The van der Waals surface area contributed by atoms with Crippen molar-refractivity contribution in [3.8, 4) is 0 Å². The number of H-pyrrole nitrogens is 1. The van der Waals surface area contributed by atoms with Crippen LogP contribution in [0.4, 0.5) is 8.78 Å². The van der Waals surface area contributed by atoms with Gasteiger partial charge >= 0.3 is 0 Å². The lowest BCUT2D eigenvalue weighted by molar-refractivity contribution is 0.141. The fourth-order valence-corrected chi connectivity index (χ4v) is 0.770. The number of imidazole rings is 1. The molecule has 5 heteroatoms. The zero-order valence-electron chi connectivity index (χ0n) is 5.85. The van der Waals surface area contributed by atoms with E-state index in [1.807, 2.05) is 0 Å². The first-order chi connectivity index (χ1) is 5.24. The van der Waals surface area contributed by atoms with Crippen LogP contribution in [0.25, 0.3) is 0 Å². The number of alkyl halides is 2. The summed E-state index contributed by atoms with van der Waals surface area (Å²) in [5.41, 5.74) is 5.87. The summed E-state index contributed by atoms with van der Waals surface area (Å²) in [7, 11) is 0. The second kappa shape index (κ2) is 3.43. The molecule has 0 aliphatic rings. The van der Waals surface area contributed by atoms with Crippen LogP contribution in [0.2, 0.25) is 0 Å². The first-order valence-electron chi connectivity index (χ1n) is 3.26. The fraction of sp³-hybridized carbons (Fsp3) is 0.500. The van der Waals surface area contributed by atoms with E-state index < -0.39 is 6.43 Å². The molecule has 11 heavy (non-hydrogen) atoms. The lowest BCUT2D eigenvalue weighted by atomic mass is 10.3. The number of aromatic amines is 1. The number of hydrogen-bond donors (Lipinski definition) is 2. The molecule has 3 N–H and O–H groups in total. The number of nitrogens with one attached hydrogen (secondary N) is 1. The van der Waals surface area contributed by atoms with Crippen LogP contribution in [0.3, 0.4) is 0 Å². The topological polar surface area (TPSA) is 54.7 Å². The summed E-state index contributed by atoms with van der Waals surface area (Å²) in [5, 5.41) is 0. The van der Waals surface area contributed by atoms with Crippen LogP contribution in [0.1, 0.15) is 17.9 Å². The van der Waals surface area contributed by atoms with Gasteiger partial charge in [0.25, 0.3) is 6.43 Å². The van der Waals surface area contributed by atoms with Gasteiger partial charge in [-0.3, -0.25) is 0 Å². The molecule has 0 aliphatic carbocycles. The first-order valence-corrected chi connectivity index (χ1v) is 3.26. The Balaban J connectivity index is 2.66. The van der Waals surface area contributed by atoms with Gasteiger partial charge in [-0.2, -0.15) is 0 Å². The summed E-state index contributed by atoms with van der Waals surface area (Å²) in [6.07, 6.45) is -0.588. The van der Waals surface area contributed by atoms with E-state index in [4.69, 9.17) is 5.73 Å². The van der Waals surface area contributed by atoms with Crippen LogP contribution < -0.4 is 5.73 Å². The summed E-state index contributed by atoms with van der Waals surface area (Å²) >= 11 is 0. The van der Waals surface area contributed by atoms with Gasteiger partial charge in [0.1, 0.15) is 0 Å². The Morgan fingerprint density at radius 2 is 2.36 bits per heavy atom. The van der Waals surface area contributed by atoms with E-state index in [0.29, 0.717) is 18.7 Å². The van der Waals surface area contributed by atoms with Crippen molar-refractivity contribution in [3.05, 3.63) is 17.7 Å². The highest BCUT2D eigenvalue weighted by Gasteiger charge is 2.10. The summed E-state index contributed by atoms with van der Waals surface area (Å²) in [6.45, 7) is 0.435. The molecule has 0 saturated heterocycles. The monoisotopic (exact) mass is 161 g/mol. The zero-order valence-corrected chi connectivity index (χ0v) is 5.85. The number of nitrogens with zero attached hydrogens (tertiary/aromatic N) is 1. The van der Waals surface area contributed by atoms with Gasteiger partial charge in [-0.15, -0.1) is 0 Å². The van der Waals surface area contributed by atoms with E-state index in [1.165, 1.54) is 6.20 Å². The van der Waals surface area contributed by atoms with Gasteiger partial charge in [0.05, 0.1) is 0 Å². The molecule has 0 atom stereocenters. The number of aromatic nitrogens is 2. The number of nitrogens with two attached hydrogens (primary N) is 1. The minimum atomic E-state index is -2.53. The SMILES string of the molecule is NCCc1cnc(C(F)F)[nH]1. The van der Waals surface area contributed by atoms with E-state index >= 15 is 0 Å². The van der Waals surface area contributed by atoms with Gasteiger partial charge in [-0.25, -0.2) is 13.8 Å². The molecule has 0 amide bonds. The van der Waals surface area contributed by atoms with Crippen LogP contribution in [0.15, 0.2) is 6.20 Å². The van der Waals surface area contributed by atoms with Crippen molar-refractivity contribution in [2.24, 2.45) is 5.73 Å². The average molecular weight is 161 g/mol. The van der Waals surface area contributed by atoms with Crippen molar-refractivity contribution in [3.63, 3.8) is 0 Å². The Labute approximate surface area is 62.6 Å². The summed E-state index contributed by atoms with van der Waals surface area (Å²) in [4.78, 5) is 5.95. The Morgan fingerprint density at radius 3 is 2.82 bits per heavy atom. The van der Waals surface area contributed by atoms with E-state index in [-0.39, 0.29) is 5.82 Å². The fourth-order valence-electron chi connectivity index (χ4n) is 0.770. The molecule has 1 aromatic rings. The minimum Gasteiger partial charge on any atom is -0.341 e. The normalized spacial score (nSPS) is 10.9. The Morgan fingerprint density at radius 1 is 1.64 bits per heavy atom. The molecule has 0 spiro atoms. The standard InChI is InChI=1S/C6H9F2N3/c7-5(8)6-10-3-4(11-6)1-2-9/h3,5H,1-2,9H2,(H,10,11). The summed E-state index contributed by atoms with van der Waals surface area (Å²) < 4.78 is 23.8. The number of halogens is 2. The van der Waals surface area contributed by atoms with Crippen LogP contribution in [0, 0.1) is 0 Å². The Hall–Kier alpha value is -0.970. The molecule has 0 unspecified atom stereocenters. The van der Waals surface area contributed by atoms with Gasteiger partial charge in [0.2, 0.25) is 0 Å². The third-order valence-electron chi connectivity index (χ3n) is 1.27. The third kappa shape index (κ3) is 1.98. The molecule has 0 aromatic carbocycles. The van der Waals surface area contributed by atoms with Gasteiger partial charge in [0, 0.05) is 18.3 Å². The quantitative estimate of drug-likeness (QED) is 0.690. The molecule has 1 rings (SSSR count). The molecular formula is C6H9F2N3. The van der Waals surface area contributed by atoms with Crippen LogP contribution in [-0.2, 0) is 6.42 Å².